The van der Waals surface area contributed by atoms with Crippen molar-refractivity contribution in [1.29, 1.82) is 0 Å². The highest BCUT2D eigenvalue weighted by Gasteiger charge is 2.23. The first-order valence-electron chi connectivity index (χ1n) is 21.1. The van der Waals surface area contributed by atoms with Crippen molar-refractivity contribution in [2.45, 2.75) is 206 Å². The predicted octanol–water partition coefficient (Wildman–Crippen LogP) is 10.6. The number of hydrogen-bond donors (Lipinski definition) is 2. The minimum absolute atomic E-state index is 0.00192. The lowest BCUT2D eigenvalue weighted by molar-refractivity contribution is -0.870. The van der Waals surface area contributed by atoms with Crippen LogP contribution in [0.25, 0.3) is 0 Å². The molecule has 0 saturated carbocycles. The highest BCUT2D eigenvalue weighted by Crippen LogP contribution is 2.38. The molecule has 1 amide bonds. The van der Waals surface area contributed by atoms with Crippen LogP contribution in [-0.2, 0) is 18.4 Å². The number of nitrogens with one attached hydrogen (secondary N) is 1. The van der Waals surface area contributed by atoms with Crippen molar-refractivity contribution in [2.75, 3.05) is 40.9 Å². The Balaban J connectivity index is 4.46. The first-order valence-corrected chi connectivity index (χ1v) is 22.5. The van der Waals surface area contributed by atoms with Crippen molar-refractivity contribution in [3.05, 3.63) is 12.2 Å². The molecular weight excluding hydrogens is 647 g/mol. The Morgan fingerprint density at radius 3 is 1.50 bits per heavy atom. The molecule has 0 spiro atoms. The van der Waals surface area contributed by atoms with Crippen LogP contribution in [0.2, 0.25) is 0 Å². The molecule has 0 aromatic carbocycles. The van der Waals surface area contributed by atoms with Gasteiger partial charge in [-0.05, 0) is 19.3 Å². The minimum atomic E-state index is -4.58. The van der Waals surface area contributed by atoms with Gasteiger partial charge in [-0.15, -0.1) is 0 Å². The summed E-state index contributed by atoms with van der Waals surface area (Å²) in [5, 5.41) is 13.7. The number of unbranched alkanes of at least 4 members (excludes halogenated alkanes) is 25. The molecule has 0 fully saturated rings. The van der Waals surface area contributed by atoms with E-state index in [1.807, 2.05) is 27.2 Å². The van der Waals surface area contributed by atoms with Crippen LogP contribution in [0.5, 0.6) is 0 Å². The number of aliphatic hydroxyl groups excluding tert-OH is 1. The zero-order valence-corrected chi connectivity index (χ0v) is 34.5. The number of likely N-dealkylation sites (N-methyl/N-ethyl adjacent to an activating group) is 1. The van der Waals surface area contributed by atoms with Gasteiger partial charge in [-0.25, -0.2) is 0 Å². The minimum Gasteiger partial charge on any atom is -0.756 e. The summed E-state index contributed by atoms with van der Waals surface area (Å²) < 4.78 is 23.1. The summed E-state index contributed by atoms with van der Waals surface area (Å²) in [6.45, 7) is 4.64. The average molecular weight is 731 g/mol. The Kier molecular flexibility index (Phi) is 33.5. The fraction of sp³-hybridized carbons (Fsp3) is 0.927. The molecule has 1 unspecified atom stereocenters. The van der Waals surface area contributed by atoms with E-state index in [4.69, 9.17) is 9.05 Å². The number of rotatable bonds is 38. The number of allylic oxidation sites excluding steroid dienone is 1. The molecule has 0 aliphatic rings. The lowest BCUT2D eigenvalue weighted by atomic mass is 10.0. The van der Waals surface area contributed by atoms with Crippen molar-refractivity contribution >= 4 is 13.7 Å². The van der Waals surface area contributed by atoms with Gasteiger partial charge in [-0.2, -0.15) is 0 Å². The third kappa shape index (κ3) is 35.6. The molecule has 0 aliphatic carbocycles. The summed E-state index contributed by atoms with van der Waals surface area (Å²) in [7, 11) is 1.27. The van der Waals surface area contributed by atoms with Gasteiger partial charge in [0.25, 0.3) is 7.82 Å². The van der Waals surface area contributed by atoms with E-state index in [0.717, 1.165) is 38.5 Å². The molecule has 0 bridgehead atoms. The van der Waals surface area contributed by atoms with Gasteiger partial charge < -0.3 is 28.8 Å². The number of quaternary nitrogens is 1. The summed E-state index contributed by atoms with van der Waals surface area (Å²) in [5.41, 5.74) is 0. The summed E-state index contributed by atoms with van der Waals surface area (Å²) in [5.74, 6) is -0.197. The van der Waals surface area contributed by atoms with Gasteiger partial charge in [-0.1, -0.05) is 180 Å². The number of nitrogens with zero attached hydrogens (tertiary/aromatic N) is 1. The second-order valence-electron chi connectivity index (χ2n) is 15.7. The Labute approximate surface area is 310 Å². The van der Waals surface area contributed by atoms with Gasteiger partial charge in [0.2, 0.25) is 5.91 Å². The quantitative estimate of drug-likeness (QED) is 0.0283. The molecule has 298 valence electrons. The van der Waals surface area contributed by atoms with Crippen LogP contribution in [0.4, 0.5) is 0 Å². The highest BCUT2D eigenvalue weighted by atomic mass is 31.2. The van der Waals surface area contributed by atoms with Crippen LogP contribution in [-0.4, -0.2) is 68.5 Å². The largest absolute Gasteiger partial charge is 0.756 e. The predicted molar refractivity (Wildman–Crippen MR) is 210 cm³/mol. The van der Waals surface area contributed by atoms with Gasteiger partial charge in [0.1, 0.15) is 13.2 Å². The Morgan fingerprint density at radius 1 is 0.680 bits per heavy atom. The topological polar surface area (TPSA) is 108 Å². The number of phosphoric ester groups is 1. The van der Waals surface area contributed by atoms with E-state index in [9.17, 15) is 19.4 Å². The first kappa shape index (κ1) is 49.2. The standard InChI is InChI=1S/C41H83N2O6P/c1-6-8-10-12-14-16-18-20-22-24-26-28-30-32-34-40(44)39(38-49-50(46,47)48-37-36-43(3,4)5)42-41(45)35-33-31-29-27-25-23-21-19-17-15-13-11-9-7-2/h32,34,39-40,44H,6-31,33,35-38H2,1-5H3,(H-,42,45,46,47)/b34-32+/t39-,40+/m0/s1. The van der Waals surface area contributed by atoms with Crippen molar-refractivity contribution in [3.63, 3.8) is 0 Å². The van der Waals surface area contributed by atoms with E-state index < -0.39 is 20.0 Å². The third-order valence-corrected chi connectivity index (χ3v) is 10.5. The molecule has 0 heterocycles. The molecule has 9 heteroatoms. The fourth-order valence-corrected chi connectivity index (χ4v) is 6.82. The van der Waals surface area contributed by atoms with E-state index in [1.54, 1.807) is 6.08 Å². The number of aliphatic hydroxyl groups is 1. The van der Waals surface area contributed by atoms with Crippen LogP contribution in [0, 0.1) is 0 Å². The molecule has 0 aromatic heterocycles. The van der Waals surface area contributed by atoms with Crippen molar-refractivity contribution in [1.82, 2.24) is 5.32 Å². The highest BCUT2D eigenvalue weighted by molar-refractivity contribution is 7.45. The second-order valence-corrected chi connectivity index (χ2v) is 17.1. The maximum absolute atomic E-state index is 12.8. The Morgan fingerprint density at radius 2 is 1.08 bits per heavy atom. The lowest BCUT2D eigenvalue weighted by Crippen LogP contribution is -2.45. The smallest absolute Gasteiger partial charge is 0.268 e. The molecule has 0 saturated heterocycles. The Hall–Kier alpha value is -0.760. The zero-order chi connectivity index (χ0) is 37.2. The van der Waals surface area contributed by atoms with E-state index in [-0.39, 0.29) is 19.1 Å². The number of carbonyl (C=O) groups is 1. The number of phosphoric acid groups is 1. The van der Waals surface area contributed by atoms with Gasteiger partial charge in [0, 0.05) is 6.42 Å². The van der Waals surface area contributed by atoms with Crippen LogP contribution in [0.1, 0.15) is 194 Å². The van der Waals surface area contributed by atoms with E-state index in [0.29, 0.717) is 17.4 Å². The Bertz CT molecular complexity index is 834. The summed E-state index contributed by atoms with van der Waals surface area (Å²) in [6.07, 6.45) is 36.7. The van der Waals surface area contributed by atoms with Crippen molar-refractivity contribution in [3.8, 4) is 0 Å². The molecule has 0 aromatic rings. The second kappa shape index (κ2) is 34.0. The summed E-state index contributed by atoms with van der Waals surface area (Å²) in [6, 6.07) is -0.878. The molecule has 2 N–H and O–H groups in total. The van der Waals surface area contributed by atoms with Gasteiger partial charge in [0.15, 0.2) is 0 Å². The third-order valence-electron chi connectivity index (χ3n) is 9.50. The number of carbonyl (C=O) groups excluding carboxylic acids is 1. The van der Waals surface area contributed by atoms with Gasteiger partial charge >= 0.3 is 0 Å². The monoisotopic (exact) mass is 731 g/mol. The van der Waals surface area contributed by atoms with E-state index >= 15 is 0 Å². The average Bonchev–Trinajstić information content (AvgIpc) is 3.06. The van der Waals surface area contributed by atoms with Crippen LogP contribution < -0.4 is 10.2 Å². The summed E-state index contributed by atoms with van der Waals surface area (Å²) >= 11 is 0. The maximum Gasteiger partial charge on any atom is 0.268 e. The van der Waals surface area contributed by atoms with Gasteiger partial charge in [-0.3, -0.25) is 9.36 Å². The van der Waals surface area contributed by atoms with E-state index in [2.05, 4.69) is 19.2 Å². The zero-order valence-electron chi connectivity index (χ0n) is 33.6. The van der Waals surface area contributed by atoms with Crippen molar-refractivity contribution in [2.24, 2.45) is 0 Å². The first-order chi connectivity index (χ1) is 24.0. The lowest BCUT2D eigenvalue weighted by Gasteiger charge is -2.29. The fourth-order valence-electron chi connectivity index (χ4n) is 6.09. The summed E-state index contributed by atoms with van der Waals surface area (Å²) in [4.78, 5) is 25.2. The molecular formula is C41H83N2O6P. The number of amides is 1. The van der Waals surface area contributed by atoms with Crippen LogP contribution >= 0.6 is 7.82 Å². The normalized spacial score (nSPS) is 14.6. The van der Waals surface area contributed by atoms with E-state index in [1.165, 1.54) is 135 Å². The maximum atomic E-state index is 12.8. The molecule has 8 nitrogen and oxygen atoms in total. The SMILES string of the molecule is CCCCCCCCCCCCCC/C=C/[C@@H](O)[C@H](COP(=O)([O-])OCC[N+](C)(C)C)NC(=O)CCCCCCCCCCCCCCCC. The molecule has 0 radical (unpaired) electrons. The van der Waals surface area contributed by atoms with Crippen LogP contribution in [0.3, 0.4) is 0 Å². The van der Waals surface area contributed by atoms with Crippen molar-refractivity contribution < 1.29 is 32.9 Å². The molecule has 3 atom stereocenters. The van der Waals surface area contributed by atoms with Gasteiger partial charge in [0.05, 0.1) is 39.9 Å². The molecule has 50 heavy (non-hydrogen) atoms. The number of hydrogen-bond acceptors (Lipinski definition) is 6. The molecule has 0 aliphatic heterocycles. The molecule has 0 rings (SSSR count). The van der Waals surface area contributed by atoms with Crippen LogP contribution in [0.15, 0.2) is 12.2 Å².